The highest BCUT2D eigenvalue weighted by Crippen LogP contribution is 2.30. The summed E-state index contributed by atoms with van der Waals surface area (Å²) >= 11 is 0. The van der Waals surface area contributed by atoms with Gasteiger partial charge in [0.2, 0.25) is 17.7 Å². The molecule has 5 aromatic rings. The topological polar surface area (TPSA) is 137 Å². The lowest BCUT2D eigenvalue weighted by Gasteiger charge is -2.20. The summed E-state index contributed by atoms with van der Waals surface area (Å²) in [5, 5.41) is 8.47. The number of hydrogen-bond acceptors (Lipinski definition) is 9. The van der Waals surface area contributed by atoms with Gasteiger partial charge < -0.3 is 19.5 Å². The van der Waals surface area contributed by atoms with Gasteiger partial charge in [-0.05, 0) is 37.1 Å². The Balaban J connectivity index is 1.47. The molecule has 1 unspecified atom stereocenters. The minimum Gasteiger partial charge on any atom is -0.445 e. The Bertz CT molecular complexity index is 1480. The number of rotatable bonds is 8. The van der Waals surface area contributed by atoms with Gasteiger partial charge in [0.05, 0.1) is 30.2 Å². The molecule has 5 rings (SSSR count). The first-order valence-corrected chi connectivity index (χ1v) is 11.6. The predicted molar refractivity (Wildman–Crippen MR) is 135 cm³/mol. The Hall–Kier alpha value is -4.70. The summed E-state index contributed by atoms with van der Waals surface area (Å²) < 4.78 is 11.5. The van der Waals surface area contributed by atoms with Crippen LogP contribution in [-0.4, -0.2) is 43.0 Å². The first-order chi connectivity index (χ1) is 17.9. The Morgan fingerprint density at radius 3 is 2.49 bits per heavy atom. The van der Waals surface area contributed by atoms with E-state index in [0.29, 0.717) is 47.1 Å². The van der Waals surface area contributed by atoms with Gasteiger partial charge in [0.15, 0.2) is 0 Å². The van der Waals surface area contributed by atoms with Crippen LogP contribution >= 0.6 is 0 Å². The normalized spacial score (nSPS) is 12.7. The maximum Gasteiger partial charge on any atom is 0.253 e. The number of amides is 1. The van der Waals surface area contributed by atoms with Crippen LogP contribution < -0.4 is 5.73 Å². The van der Waals surface area contributed by atoms with Crippen molar-refractivity contribution >= 4 is 5.91 Å². The fourth-order valence-corrected chi connectivity index (χ4v) is 3.98. The van der Waals surface area contributed by atoms with Crippen molar-refractivity contribution in [2.45, 2.75) is 25.4 Å². The third-order valence-corrected chi connectivity index (χ3v) is 5.80. The van der Waals surface area contributed by atoms with Gasteiger partial charge in [0.1, 0.15) is 6.26 Å². The molecule has 3 aromatic heterocycles. The number of hydrogen-bond donors (Lipinski definition) is 1. The lowest BCUT2D eigenvalue weighted by Crippen LogP contribution is -2.35. The van der Waals surface area contributed by atoms with Crippen molar-refractivity contribution in [1.82, 2.24) is 30.0 Å². The molecule has 3 heterocycles. The summed E-state index contributed by atoms with van der Waals surface area (Å²) in [5.74, 6) is 0.659. The van der Waals surface area contributed by atoms with E-state index >= 15 is 0 Å². The summed E-state index contributed by atoms with van der Waals surface area (Å²) in [6.45, 7) is 2.14. The molecule has 10 nitrogen and oxygen atoms in total. The van der Waals surface area contributed by atoms with Crippen molar-refractivity contribution in [2.75, 3.05) is 7.05 Å². The Labute approximate surface area is 213 Å². The number of oxazole rings is 1. The molecular weight excluding hydrogens is 470 g/mol. The minimum atomic E-state index is -0.887. The highest BCUT2D eigenvalue weighted by atomic mass is 16.4. The van der Waals surface area contributed by atoms with E-state index in [1.807, 2.05) is 37.3 Å². The van der Waals surface area contributed by atoms with Gasteiger partial charge in [-0.25, -0.2) is 4.98 Å². The summed E-state index contributed by atoms with van der Waals surface area (Å²) in [4.78, 5) is 27.5. The standard InChI is InChI=1S/C27H25N7O3/c1-27(28,15-18-6-4-3-5-7-18)26-33-32-24(37-26)20-12-19(23-31-10-11-36-23)13-21(14-20)25(35)34(2)17-22-16-29-8-9-30-22/h3-14,16H,15,17,28H2,1-2H3. The molecule has 0 bridgehead atoms. The zero-order valence-corrected chi connectivity index (χ0v) is 20.4. The molecule has 0 aliphatic rings. The smallest absolute Gasteiger partial charge is 0.253 e. The van der Waals surface area contributed by atoms with Crippen molar-refractivity contribution in [3.8, 4) is 22.9 Å². The second-order valence-electron chi connectivity index (χ2n) is 8.99. The Morgan fingerprint density at radius 1 is 1.00 bits per heavy atom. The zero-order valence-electron chi connectivity index (χ0n) is 20.4. The van der Waals surface area contributed by atoms with E-state index < -0.39 is 5.54 Å². The van der Waals surface area contributed by atoms with E-state index in [4.69, 9.17) is 14.6 Å². The van der Waals surface area contributed by atoms with Gasteiger partial charge >= 0.3 is 0 Å². The largest absolute Gasteiger partial charge is 0.445 e. The highest BCUT2D eigenvalue weighted by molar-refractivity contribution is 5.96. The second kappa shape index (κ2) is 10.1. The number of carbonyl (C=O) groups excluding carboxylic acids is 1. The van der Waals surface area contributed by atoms with Crippen LogP contribution in [-0.2, 0) is 18.5 Å². The van der Waals surface area contributed by atoms with Gasteiger partial charge in [-0.2, -0.15) is 0 Å². The van der Waals surface area contributed by atoms with Crippen LogP contribution in [0.4, 0.5) is 0 Å². The maximum absolute atomic E-state index is 13.4. The van der Waals surface area contributed by atoms with Crippen LogP contribution in [0.2, 0.25) is 0 Å². The van der Waals surface area contributed by atoms with E-state index in [-0.39, 0.29) is 11.8 Å². The van der Waals surface area contributed by atoms with E-state index in [1.54, 1.807) is 48.7 Å². The molecule has 0 radical (unpaired) electrons. The van der Waals surface area contributed by atoms with Crippen LogP contribution in [0, 0.1) is 0 Å². The molecule has 2 N–H and O–H groups in total. The van der Waals surface area contributed by atoms with Crippen molar-refractivity contribution in [1.29, 1.82) is 0 Å². The molecule has 0 aliphatic heterocycles. The second-order valence-corrected chi connectivity index (χ2v) is 8.99. The van der Waals surface area contributed by atoms with Gasteiger partial charge in [-0.15, -0.1) is 10.2 Å². The average Bonchev–Trinajstić information content (AvgIpc) is 3.62. The first-order valence-electron chi connectivity index (χ1n) is 11.6. The van der Waals surface area contributed by atoms with Gasteiger partial charge in [0, 0.05) is 36.1 Å². The van der Waals surface area contributed by atoms with Crippen LogP contribution in [0.3, 0.4) is 0 Å². The molecule has 2 aromatic carbocycles. The fourth-order valence-electron chi connectivity index (χ4n) is 3.98. The molecular formula is C27H25N7O3. The number of benzene rings is 2. The minimum absolute atomic E-state index is 0.229. The molecule has 0 spiro atoms. The average molecular weight is 496 g/mol. The number of aromatic nitrogens is 5. The predicted octanol–water partition coefficient (Wildman–Crippen LogP) is 3.87. The summed E-state index contributed by atoms with van der Waals surface area (Å²) in [6.07, 6.45) is 8.32. The van der Waals surface area contributed by atoms with Crippen LogP contribution in [0.25, 0.3) is 22.9 Å². The third kappa shape index (κ3) is 5.44. The first kappa shape index (κ1) is 24.0. The molecule has 10 heteroatoms. The summed E-state index contributed by atoms with van der Waals surface area (Å²) in [6, 6.07) is 15.1. The zero-order chi connectivity index (χ0) is 25.8. The van der Waals surface area contributed by atoms with E-state index in [9.17, 15) is 4.79 Å². The van der Waals surface area contributed by atoms with Gasteiger partial charge in [-0.1, -0.05) is 30.3 Å². The molecule has 0 saturated heterocycles. The molecule has 1 atom stereocenters. The molecule has 37 heavy (non-hydrogen) atoms. The maximum atomic E-state index is 13.4. The van der Waals surface area contributed by atoms with Crippen molar-refractivity contribution < 1.29 is 13.6 Å². The highest BCUT2D eigenvalue weighted by Gasteiger charge is 2.29. The summed E-state index contributed by atoms with van der Waals surface area (Å²) in [7, 11) is 1.70. The number of nitrogens with zero attached hydrogens (tertiary/aromatic N) is 6. The summed E-state index contributed by atoms with van der Waals surface area (Å²) in [5.41, 5.74) is 8.94. The molecule has 0 aliphatic carbocycles. The lowest BCUT2D eigenvalue weighted by atomic mass is 9.94. The Morgan fingerprint density at radius 2 is 1.78 bits per heavy atom. The third-order valence-electron chi connectivity index (χ3n) is 5.80. The quantitative estimate of drug-likeness (QED) is 0.340. The van der Waals surface area contributed by atoms with E-state index in [2.05, 4.69) is 25.1 Å². The molecule has 0 saturated carbocycles. The van der Waals surface area contributed by atoms with Crippen molar-refractivity contribution in [3.63, 3.8) is 0 Å². The molecule has 186 valence electrons. The van der Waals surface area contributed by atoms with Crippen molar-refractivity contribution in [3.05, 3.63) is 102 Å². The van der Waals surface area contributed by atoms with Crippen LogP contribution in [0.5, 0.6) is 0 Å². The molecule has 0 fully saturated rings. The lowest BCUT2D eigenvalue weighted by molar-refractivity contribution is 0.0783. The van der Waals surface area contributed by atoms with E-state index in [1.165, 1.54) is 12.5 Å². The molecule has 1 amide bonds. The van der Waals surface area contributed by atoms with E-state index in [0.717, 1.165) is 5.56 Å². The Kier molecular flexibility index (Phi) is 6.57. The SMILES string of the molecule is CN(Cc1cnccn1)C(=O)c1cc(-c2ncco2)cc(-c2nnc(C(C)(N)Cc3ccccc3)o2)c1. The fraction of sp³-hybridized carbons (Fsp3) is 0.185. The number of nitrogens with two attached hydrogens (primary N) is 1. The van der Waals surface area contributed by atoms with Gasteiger partial charge in [-0.3, -0.25) is 14.8 Å². The number of carbonyl (C=O) groups is 1. The van der Waals surface area contributed by atoms with Crippen molar-refractivity contribution in [2.24, 2.45) is 5.73 Å². The van der Waals surface area contributed by atoms with Crippen LogP contribution in [0.1, 0.15) is 34.4 Å². The monoisotopic (exact) mass is 495 g/mol. The van der Waals surface area contributed by atoms with Crippen LogP contribution in [0.15, 0.2) is 88.4 Å². The van der Waals surface area contributed by atoms with Gasteiger partial charge in [0.25, 0.3) is 5.91 Å².